The lowest BCUT2D eigenvalue weighted by Gasteiger charge is -2.08. The summed E-state index contributed by atoms with van der Waals surface area (Å²) in [5.41, 5.74) is -0.00455. The molecule has 4 N–H and O–H groups in total. The van der Waals surface area contributed by atoms with Crippen LogP contribution in [0.4, 0.5) is 5.69 Å². The molecule has 102 valence electrons. The Bertz CT molecular complexity index is 661. The van der Waals surface area contributed by atoms with Gasteiger partial charge in [-0.3, -0.25) is 4.79 Å². The summed E-state index contributed by atoms with van der Waals surface area (Å²) in [5, 5.41) is 30.4. The predicted molar refractivity (Wildman–Crippen MR) is 71.1 cm³/mol. The number of aromatic carboxylic acids is 1. The SMILES string of the molecule is O=C(O)c1cccc(NC(=O)c2c(O)cccc2O)c1. The van der Waals surface area contributed by atoms with Gasteiger partial charge >= 0.3 is 5.97 Å². The average molecular weight is 273 g/mol. The molecule has 6 nitrogen and oxygen atoms in total. The first-order chi connectivity index (χ1) is 9.49. The lowest BCUT2D eigenvalue weighted by atomic mass is 10.1. The predicted octanol–water partition coefficient (Wildman–Crippen LogP) is 2.05. The zero-order valence-electron chi connectivity index (χ0n) is 10.2. The zero-order valence-corrected chi connectivity index (χ0v) is 10.2. The van der Waals surface area contributed by atoms with Gasteiger partial charge in [0, 0.05) is 5.69 Å². The van der Waals surface area contributed by atoms with Gasteiger partial charge in [0.2, 0.25) is 0 Å². The van der Waals surface area contributed by atoms with E-state index in [1.807, 2.05) is 0 Å². The van der Waals surface area contributed by atoms with Crippen molar-refractivity contribution in [3.8, 4) is 11.5 Å². The first kappa shape index (κ1) is 13.4. The second-order valence-electron chi connectivity index (χ2n) is 4.01. The van der Waals surface area contributed by atoms with Crippen LogP contribution in [0.15, 0.2) is 42.5 Å². The van der Waals surface area contributed by atoms with E-state index in [-0.39, 0.29) is 28.3 Å². The van der Waals surface area contributed by atoms with E-state index in [0.717, 1.165) is 0 Å². The number of nitrogens with one attached hydrogen (secondary N) is 1. The monoisotopic (exact) mass is 273 g/mol. The summed E-state index contributed by atoms with van der Waals surface area (Å²) in [7, 11) is 0. The summed E-state index contributed by atoms with van der Waals surface area (Å²) in [6.45, 7) is 0. The van der Waals surface area contributed by atoms with E-state index >= 15 is 0 Å². The number of carbonyl (C=O) groups is 2. The highest BCUT2D eigenvalue weighted by Crippen LogP contribution is 2.27. The molecular formula is C14H11NO5. The molecule has 0 radical (unpaired) electrons. The van der Waals surface area contributed by atoms with Crippen molar-refractivity contribution in [2.24, 2.45) is 0 Å². The van der Waals surface area contributed by atoms with Crippen molar-refractivity contribution in [3.05, 3.63) is 53.6 Å². The molecule has 0 aliphatic carbocycles. The molecule has 0 atom stereocenters. The van der Waals surface area contributed by atoms with Gasteiger partial charge in [-0.1, -0.05) is 12.1 Å². The number of carboxylic acid groups (broad SMARTS) is 1. The Morgan fingerprint density at radius 3 is 2.15 bits per heavy atom. The van der Waals surface area contributed by atoms with Gasteiger partial charge in [-0.05, 0) is 30.3 Å². The smallest absolute Gasteiger partial charge is 0.335 e. The first-order valence-electron chi connectivity index (χ1n) is 5.64. The average Bonchev–Trinajstić information content (AvgIpc) is 2.38. The molecule has 0 saturated heterocycles. The number of hydrogen-bond donors (Lipinski definition) is 4. The highest BCUT2D eigenvalue weighted by molar-refractivity contribution is 6.08. The topological polar surface area (TPSA) is 107 Å². The Kier molecular flexibility index (Phi) is 3.56. The first-order valence-corrected chi connectivity index (χ1v) is 5.64. The second-order valence-corrected chi connectivity index (χ2v) is 4.01. The van der Waals surface area contributed by atoms with E-state index in [1.54, 1.807) is 0 Å². The molecule has 0 unspecified atom stereocenters. The van der Waals surface area contributed by atoms with Gasteiger partial charge in [-0.15, -0.1) is 0 Å². The highest BCUT2D eigenvalue weighted by Gasteiger charge is 2.16. The van der Waals surface area contributed by atoms with E-state index in [1.165, 1.54) is 42.5 Å². The van der Waals surface area contributed by atoms with Crippen LogP contribution in [-0.2, 0) is 0 Å². The van der Waals surface area contributed by atoms with Crippen LogP contribution < -0.4 is 5.32 Å². The number of hydrogen-bond acceptors (Lipinski definition) is 4. The molecule has 0 spiro atoms. The van der Waals surface area contributed by atoms with Crippen molar-refractivity contribution in [2.45, 2.75) is 0 Å². The Morgan fingerprint density at radius 1 is 0.950 bits per heavy atom. The van der Waals surface area contributed by atoms with Crippen molar-refractivity contribution < 1.29 is 24.9 Å². The number of aromatic hydroxyl groups is 2. The normalized spacial score (nSPS) is 10.0. The third-order valence-electron chi connectivity index (χ3n) is 2.61. The number of phenols is 2. The van der Waals surface area contributed by atoms with E-state index in [0.29, 0.717) is 0 Å². The molecule has 1 amide bonds. The van der Waals surface area contributed by atoms with Gasteiger partial charge in [0.05, 0.1) is 5.56 Å². The molecule has 0 aliphatic heterocycles. The highest BCUT2D eigenvalue weighted by atomic mass is 16.4. The van der Waals surface area contributed by atoms with E-state index in [2.05, 4.69) is 5.32 Å². The molecule has 0 heterocycles. The van der Waals surface area contributed by atoms with Crippen molar-refractivity contribution >= 4 is 17.6 Å². The Labute approximate surface area is 113 Å². The number of benzene rings is 2. The second kappa shape index (κ2) is 5.31. The summed E-state index contributed by atoms with van der Waals surface area (Å²) < 4.78 is 0. The van der Waals surface area contributed by atoms with Crippen molar-refractivity contribution in [1.29, 1.82) is 0 Å². The number of phenolic OH excluding ortho intramolecular Hbond substituents is 2. The van der Waals surface area contributed by atoms with Crippen LogP contribution in [0.3, 0.4) is 0 Å². The van der Waals surface area contributed by atoms with E-state index in [4.69, 9.17) is 5.11 Å². The third-order valence-corrected chi connectivity index (χ3v) is 2.61. The van der Waals surface area contributed by atoms with Crippen LogP contribution in [0.1, 0.15) is 20.7 Å². The molecule has 0 bridgehead atoms. The minimum absolute atomic E-state index is 0.0179. The Hall–Kier alpha value is -3.02. The minimum atomic E-state index is -1.12. The van der Waals surface area contributed by atoms with Gasteiger partial charge in [0.25, 0.3) is 5.91 Å². The maximum absolute atomic E-state index is 12.0. The number of carbonyl (C=O) groups excluding carboxylic acids is 1. The van der Waals surface area contributed by atoms with Crippen LogP contribution in [0.2, 0.25) is 0 Å². The fourth-order valence-electron chi connectivity index (χ4n) is 1.68. The summed E-state index contributed by atoms with van der Waals surface area (Å²) >= 11 is 0. The number of rotatable bonds is 3. The summed E-state index contributed by atoms with van der Waals surface area (Å²) in [6, 6.07) is 9.56. The maximum Gasteiger partial charge on any atom is 0.335 e. The van der Waals surface area contributed by atoms with Gasteiger partial charge in [-0.25, -0.2) is 4.79 Å². The number of carboxylic acids is 1. The fourth-order valence-corrected chi connectivity index (χ4v) is 1.68. The molecular weight excluding hydrogens is 262 g/mol. The molecule has 0 aromatic heterocycles. The van der Waals surface area contributed by atoms with E-state index in [9.17, 15) is 19.8 Å². The molecule has 6 heteroatoms. The standard InChI is InChI=1S/C14H11NO5/c16-10-5-2-6-11(17)12(10)13(18)15-9-4-1-3-8(7-9)14(19)20/h1-7,16-17H,(H,15,18)(H,19,20). The van der Waals surface area contributed by atoms with Crippen molar-refractivity contribution in [1.82, 2.24) is 0 Å². The lowest BCUT2D eigenvalue weighted by molar-refractivity contribution is 0.0696. The minimum Gasteiger partial charge on any atom is -0.507 e. The van der Waals surface area contributed by atoms with Gasteiger partial charge in [0.1, 0.15) is 17.1 Å². The van der Waals surface area contributed by atoms with Gasteiger partial charge < -0.3 is 20.6 Å². The number of amides is 1. The van der Waals surface area contributed by atoms with Crippen LogP contribution in [0, 0.1) is 0 Å². The number of anilines is 1. The van der Waals surface area contributed by atoms with Gasteiger partial charge in [0.15, 0.2) is 0 Å². The summed E-state index contributed by atoms with van der Waals surface area (Å²) in [6.07, 6.45) is 0. The Balaban J connectivity index is 2.28. The van der Waals surface area contributed by atoms with Crippen LogP contribution >= 0.6 is 0 Å². The lowest BCUT2D eigenvalue weighted by Crippen LogP contribution is -2.12. The molecule has 0 saturated carbocycles. The zero-order chi connectivity index (χ0) is 14.7. The largest absolute Gasteiger partial charge is 0.507 e. The summed E-state index contributed by atoms with van der Waals surface area (Å²) in [4.78, 5) is 22.8. The molecule has 0 fully saturated rings. The van der Waals surface area contributed by atoms with Crippen molar-refractivity contribution in [2.75, 3.05) is 5.32 Å². The van der Waals surface area contributed by atoms with Gasteiger partial charge in [-0.2, -0.15) is 0 Å². The van der Waals surface area contributed by atoms with E-state index < -0.39 is 11.9 Å². The third kappa shape index (κ3) is 2.69. The van der Waals surface area contributed by atoms with Crippen molar-refractivity contribution in [3.63, 3.8) is 0 Å². The van der Waals surface area contributed by atoms with Crippen LogP contribution in [-0.4, -0.2) is 27.2 Å². The molecule has 2 aromatic rings. The molecule has 2 aromatic carbocycles. The Morgan fingerprint density at radius 2 is 1.55 bits per heavy atom. The van der Waals surface area contributed by atoms with Crippen LogP contribution in [0.25, 0.3) is 0 Å². The molecule has 20 heavy (non-hydrogen) atoms. The maximum atomic E-state index is 12.0. The van der Waals surface area contributed by atoms with Crippen LogP contribution in [0.5, 0.6) is 11.5 Å². The fraction of sp³-hybridized carbons (Fsp3) is 0. The quantitative estimate of drug-likeness (QED) is 0.684. The summed E-state index contributed by atoms with van der Waals surface area (Å²) in [5.74, 6) is -2.58. The molecule has 0 aliphatic rings. The molecule has 2 rings (SSSR count).